The summed E-state index contributed by atoms with van der Waals surface area (Å²) in [5.74, 6) is 1.41. The summed E-state index contributed by atoms with van der Waals surface area (Å²) < 4.78 is 0. The molecule has 0 bridgehead atoms. The third-order valence-corrected chi connectivity index (χ3v) is 4.70. The maximum Gasteiger partial charge on any atom is 0.223 e. The smallest absolute Gasteiger partial charge is 0.223 e. The number of amides is 1. The van der Waals surface area contributed by atoms with Crippen molar-refractivity contribution in [3.63, 3.8) is 0 Å². The highest BCUT2D eigenvalue weighted by Crippen LogP contribution is 2.29. The van der Waals surface area contributed by atoms with E-state index < -0.39 is 0 Å². The van der Waals surface area contributed by atoms with Crippen LogP contribution in [0.25, 0.3) is 0 Å². The van der Waals surface area contributed by atoms with Crippen molar-refractivity contribution >= 4 is 12.2 Å². The van der Waals surface area contributed by atoms with E-state index in [1.807, 2.05) is 0 Å². The van der Waals surface area contributed by atoms with Crippen LogP contribution in [0.2, 0.25) is 0 Å². The van der Waals surface area contributed by atoms with Crippen LogP contribution in [0.1, 0.15) is 58.3 Å². The summed E-state index contributed by atoms with van der Waals surface area (Å²) in [6, 6.07) is 0.400. The zero-order chi connectivity index (χ0) is 13.0. The molecule has 0 aromatic rings. The highest BCUT2D eigenvalue weighted by molar-refractivity contribution is 5.79. The summed E-state index contributed by atoms with van der Waals surface area (Å²) in [6.45, 7) is 2.29. The van der Waals surface area contributed by atoms with E-state index in [0.717, 1.165) is 50.7 Å². The van der Waals surface area contributed by atoms with Gasteiger partial charge in [0.1, 0.15) is 6.29 Å². The van der Waals surface area contributed by atoms with Gasteiger partial charge in [0.05, 0.1) is 0 Å². The summed E-state index contributed by atoms with van der Waals surface area (Å²) in [6.07, 6.45) is 9.36. The Hall–Kier alpha value is -0.860. The Balaban J connectivity index is 1.73. The van der Waals surface area contributed by atoms with Crippen molar-refractivity contribution in [2.45, 2.75) is 64.3 Å². The molecule has 2 aliphatic rings. The molecule has 102 valence electrons. The Morgan fingerprint density at radius 1 is 1.00 bits per heavy atom. The van der Waals surface area contributed by atoms with Gasteiger partial charge in [-0.25, -0.2) is 0 Å². The average molecular weight is 251 g/mol. The van der Waals surface area contributed by atoms with Gasteiger partial charge < -0.3 is 10.1 Å². The van der Waals surface area contributed by atoms with E-state index in [4.69, 9.17) is 0 Å². The van der Waals surface area contributed by atoms with Crippen LogP contribution in [0.4, 0.5) is 0 Å². The summed E-state index contributed by atoms with van der Waals surface area (Å²) in [4.78, 5) is 22.8. The number of carbonyl (C=O) groups is 2. The van der Waals surface area contributed by atoms with Gasteiger partial charge in [0.2, 0.25) is 5.91 Å². The van der Waals surface area contributed by atoms with Gasteiger partial charge >= 0.3 is 0 Å². The third kappa shape index (κ3) is 3.56. The first-order valence-electron chi connectivity index (χ1n) is 7.44. The van der Waals surface area contributed by atoms with Crippen LogP contribution >= 0.6 is 0 Å². The molecule has 0 aromatic carbocycles. The molecule has 0 aliphatic heterocycles. The zero-order valence-electron chi connectivity index (χ0n) is 11.4. The summed E-state index contributed by atoms with van der Waals surface area (Å²) >= 11 is 0. The van der Waals surface area contributed by atoms with Crippen LogP contribution in [-0.4, -0.2) is 18.2 Å². The Morgan fingerprint density at radius 2 is 1.61 bits per heavy atom. The van der Waals surface area contributed by atoms with Crippen molar-refractivity contribution in [2.75, 3.05) is 0 Å². The van der Waals surface area contributed by atoms with E-state index in [1.165, 1.54) is 12.8 Å². The van der Waals surface area contributed by atoms with Crippen molar-refractivity contribution in [3.05, 3.63) is 0 Å². The second kappa shape index (κ2) is 6.35. The second-order valence-corrected chi connectivity index (χ2v) is 6.21. The number of hydrogen-bond donors (Lipinski definition) is 1. The molecule has 0 spiro atoms. The Bertz CT molecular complexity index is 287. The highest BCUT2D eigenvalue weighted by Gasteiger charge is 2.28. The summed E-state index contributed by atoms with van der Waals surface area (Å²) in [5.41, 5.74) is 0. The number of rotatable bonds is 3. The van der Waals surface area contributed by atoms with E-state index in [0.29, 0.717) is 6.04 Å². The predicted octanol–water partition coefficient (Wildman–Crippen LogP) is 2.69. The van der Waals surface area contributed by atoms with Crippen molar-refractivity contribution in [2.24, 2.45) is 17.8 Å². The Morgan fingerprint density at radius 3 is 2.17 bits per heavy atom. The molecular formula is C15H25NO2. The number of carbonyl (C=O) groups excluding carboxylic acids is 2. The molecule has 0 saturated heterocycles. The molecule has 2 rings (SSSR count). The molecule has 18 heavy (non-hydrogen) atoms. The first-order valence-corrected chi connectivity index (χ1v) is 7.44. The maximum absolute atomic E-state index is 12.1. The molecule has 3 nitrogen and oxygen atoms in total. The minimum atomic E-state index is 0.153. The minimum Gasteiger partial charge on any atom is -0.353 e. The van der Waals surface area contributed by atoms with E-state index in [2.05, 4.69) is 12.2 Å². The molecule has 3 heteroatoms. The molecule has 2 saturated carbocycles. The van der Waals surface area contributed by atoms with Crippen molar-refractivity contribution in [1.29, 1.82) is 0 Å². The fourth-order valence-corrected chi connectivity index (χ4v) is 3.24. The average Bonchev–Trinajstić information content (AvgIpc) is 2.41. The van der Waals surface area contributed by atoms with Crippen molar-refractivity contribution in [3.8, 4) is 0 Å². The fraction of sp³-hybridized carbons (Fsp3) is 0.867. The fourth-order valence-electron chi connectivity index (χ4n) is 3.24. The monoisotopic (exact) mass is 251 g/mol. The summed E-state index contributed by atoms with van der Waals surface area (Å²) in [7, 11) is 0. The third-order valence-electron chi connectivity index (χ3n) is 4.70. The van der Waals surface area contributed by atoms with Gasteiger partial charge in [-0.3, -0.25) is 4.79 Å². The minimum absolute atomic E-state index is 0.153. The molecular weight excluding hydrogens is 226 g/mol. The normalized spacial score (nSPS) is 36.9. The standard InChI is InChI=1S/C15H25NO2/c1-11-2-8-14(9-3-11)16-15(18)13-6-4-12(10-17)5-7-13/h10-14H,2-9H2,1H3,(H,16,18). The molecule has 0 aromatic heterocycles. The SMILES string of the molecule is CC1CCC(NC(=O)C2CCC(C=O)CC2)CC1. The van der Waals surface area contributed by atoms with Gasteiger partial charge in [0, 0.05) is 17.9 Å². The molecule has 1 amide bonds. The molecule has 0 atom stereocenters. The molecule has 0 heterocycles. The molecule has 2 fully saturated rings. The number of nitrogens with one attached hydrogen (secondary N) is 1. The van der Waals surface area contributed by atoms with E-state index in [9.17, 15) is 9.59 Å². The quantitative estimate of drug-likeness (QED) is 0.784. The van der Waals surface area contributed by atoms with Gasteiger partial charge in [-0.1, -0.05) is 6.92 Å². The maximum atomic E-state index is 12.1. The van der Waals surface area contributed by atoms with Gasteiger partial charge in [-0.2, -0.15) is 0 Å². The number of aldehydes is 1. The van der Waals surface area contributed by atoms with Crippen LogP contribution in [0, 0.1) is 17.8 Å². The number of hydrogen-bond acceptors (Lipinski definition) is 2. The van der Waals surface area contributed by atoms with Gasteiger partial charge in [-0.15, -0.1) is 0 Å². The van der Waals surface area contributed by atoms with Gasteiger partial charge in [0.15, 0.2) is 0 Å². The van der Waals surface area contributed by atoms with Crippen LogP contribution in [0.15, 0.2) is 0 Å². The highest BCUT2D eigenvalue weighted by atomic mass is 16.2. The molecule has 0 radical (unpaired) electrons. The lowest BCUT2D eigenvalue weighted by Gasteiger charge is -2.30. The summed E-state index contributed by atoms with van der Waals surface area (Å²) in [5, 5.41) is 3.21. The Kier molecular flexibility index (Phi) is 4.79. The molecule has 2 aliphatic carbocycles. The lowest BCUT2D eigenvalue weighted by atomic mass is 9.81. The van der Waals surface area contributed by atoms with Crippen LogP contribution in [-0.2, 0) is 9.59 Å². The van der Waals surface area contributed by atoms with Crippen LogP contribution in [0.5, 0.6) is 0 Å². The van der Waals surface area contributed by atoms with Crippen LogP contribution in [0.3, 0.4) is 0 Å². The van der Waals surface area contributed by atoms with E-state index in [-0.39, 0.29) is 17.7 Å². The topological polar surface area (TPSA) is 46.2 Å². The first-order chi connectivity index (χ1) is 8.69. The molecule has 1 N–H and O–H groups in total. The van der Waals surface area contributed by atoms with Crippen LogP contribution < -0.4 is 5.32 Å². The molecule has 0 unspecified atom stereocenters. The lowest BCUT2D eigenvalue weighted by Crippen LogP contribution is -2.41. The zero-order valence-corrected chi connectivity index (χ0v) is 11.4. The Labute approximate surface area is 110 Å². The lowest BCUT2D eigenvalue weighted by molar-refractivity contribution is -0.128. The first kappa shape index (κ1) is 13.6. The van der Waals surface area contributed by atoms with Gasteiger partial charge in [-0.05, 0) is 57.3 Å². The van der Waals surface area contributed by atoms with Crippen molar-refractivity contribution in [1.82, 2.24) is 5.32 Å². The van der Waals surface area contributed by atoms with E-state index in [1.54, 1.807) is 0 Å². The predicted molar refractivity (Wildman–Crippen MR) is 71.1 cm³/mol. The largest absolute Gasteiger partial charge is 0.353 e. The second-order valence-electron chi connectivity index (χ2n) is 6.21. The van der Waals surface area contributed by atoms with Crippen molar-refractivity contribution < 1.29 is 9.59 Å². The van der Waals surface area contributed by atoms with E-state index >= 15 is 0 Å². The van der Waals surface area contributed by atoms with Gasteiger partial charge in [0.25, 0.3) is 0 Å².